The van der Waals surface area contributed by atoms with Gasteiger partial charge in [0.1, 0.15) is 5.75 Å². The van der Waals surface area contributed by atoms with Gasteiger partial charge in [0.15, 0.2) is 0 Å². The highest BCUT2D eigenvalue weighted by Gasteiger charge is 2.32. The number of pyridine rings is 1. The van der Waals surface area contributed by atoms with Gasteiger partial charge < -0.3 is 14.8 Å². The van der Waals surface area contributed by atoms with E-state index in [9.17, 15) is 18.0 Å². The molecule has 0 bridgehead atoms. The Labute approximate surface area is 82.3 Å². The molecule has 0 aliphatic carbocycles. The number of aromatic amines is 1. The molecule has 0 amide bonds. The van der Waals surface area contributed by atoms with Crippen molar-refractivity contribution in [3.63, 3.8) is 0 Å². The summed E-state index contributed by atoms with van der Waals surface area (Å²) in [6.07, 6.45) is -4.88. The summed E-state index contributed by atoms with van der Waals surface area (Å²) in [7, 11) is 0. The van der Waals surface area contributed by atoms with E-state index in [0.29, 0.717) is 0 Å². The van der Waals surface area contributed by atoms with E-state index in [0.717, 1.165) is 6.07 Å². The lowest BCUT2D eigenvalue weighted by molar-refractivity contribution is -0.275. The number of rotatable bonds is 2. The largest absolute Gasteiger partial charge is 0.573 e. The van der Waals surface area contributed by atoms with Crippen molar-refractivity contribution in [1.29, 1.82) is 0 Å². The Kier molecular flexibility index (Phi) is 3.04. The zero-order valence-corrected chi connectivity index (χ0v) is 7.68. The molecule has 0 aliphatic rings. The Bertz CT molecular complexity index is 411. The number of H-pyrrole nitrogens is 1. The highest BCUT2D eigenvalue weighted by atomic mass is 19.4. The molecule has 0 radical (unpaired) electrons. The van der Waals surface area contributed by atoms with Crippen molar-refractivity contribution in [2.75, 3.05) is 0 Å². The summed E-state index contributed by atoms with van der Waals surface area (Å²) in [6.45, 7) is 0.590. The summed E-state index contributed by atoms with van der Waals surface area (Å²) in [5.41, 5.74) is -1.02. The molecule has 0 atom stereocenters. The van der Waals surface area contributed by atoms with Crippen LogP contribution in [-0.4, -0.2) is 16.5 Å². The summed E-state index contributed by atoms with van der Waals surface area (Å²) in [6, 6.07) is 1.00. The molecule has 84 valence electrons. The molecule has 1 aromatic rings. The molecule has 15 heavy (non-hydrogen) atoms. The first-order valence-electron chi connectivity index (χ1n) is 3.93. The highest BCUT2D eigenvalue weighted by Crippen LogP contribution is 2.24. The minimum Gasteiger partial charge on any atom is -0.405 e. The summed E-state index contributed by atoms with van der Waals surface area (Å²) < 4.78 is 39.3. The second-order valence-corrected chi connectivity index (χ2v) is 2.83. The number of aliphatic hydroxyl groups excluding tert-OH is 1. The fourth-order valence-corrected chi connectivity index (χ4v) is 1.05. The first kappa shape index (κ1) is 11.6. The van der Waals surface area contributed by atoms with Crippen molar-refractivity contribution in [2.24, 2.45) is 0 Å². The predicted molar refractivity (Wildman–Crippen MR) is 44.4 cm³/mol. The Balaban J connectivity index is 3.21. The van der Waals surface area contributed by atoms with Gasteiger partial charge in [-0.05, 0) is 6.92 Å². The van der Waals surface area contributed by atoms with Crippen LogP contribution in [0.2, 0.25) is 0 Å². The van der Waals surface area contributed by atoms with E-state index >= 15 is 0 Å². The Morgan fingerprint density at radius 3 is 2.60 bits per heavy atom. The van der Waals surface area contributed by atoms with Gasteiger partial charge in [-0.15, -0.1) is 13.2 Å². The van der Waals surface area contributed by atoms with E-state index in [1.54, 1.807) is 0 Å². The fourth-order valence-electron chi connectivity index (χ4n) is 1.05. The summed E-state index contributed by atoms with van der Waals surface area (Å²) in [5, 5.41) is 8.72. The van der Waals surface area contributed by atoms with Crippen LogP contribution in [0.4, 0.5) is 13.2 Å². The van der Waals surface area contributed by atoms with E-state index in [1.807, 2.05) is 0 Å². The maximum absolute atomic E-state index is 11.9. The predicted octanol–water partition coefficient (Wildman–Crippen LogP) is 1.07. The number of hydrogen-bond donors (Lipinski definition) is 2. The number of halogens is 3. The molecule has 0 aromatic carbocycles. The third-order valence-corrected chi connectivity index (χ3v) is 1.61. The zero-order valence-electron chi connectivity index (χ0n) is 7.68. The van der Waals surface area contributed by atoms with Crippen LogP contribution in [0.15, 0.2) is 10.9 Å². The zero-order chi connectivity index (χ0) is 11.6. The lowest BCUT2D eigenvalue weighted by atomic mass is 10.2. The molecule has 0 fully saturated rings. The van der Waals surface area contributed by atoms with Gasteiger partial charge in [-0.1, -0.05) is 0 Å². The fraction of sp³-hybridized carbons (Fsp3) is 0.375. The van der Waals surface area contributed by atoms with Crippen LogP contribution in [-0.2, 0) is 6.61 Å². The summed E-state index contributed by atoms with van der Waals surface area (Å²) in [5.74, 6) is -0.675. The molecule has 0 saturated heterocycles. The molecule has 1 heterocycles. The van der Waals surface area contributed by atoms with Gasteiger partial charge in [0.25, 0.3) is 5.56 Å². The van der Waals surface area contributed by atoms with Crippen molar-refractivity contribution in [1.82, 2.24) is 4.98 Å². The first-order chi connectivity index (χ1) is 6.83. The van der Waals surface area contributed by atoms with E-state index in [2.05, 4.69) is 9.72 Å². The minimum absolute atomic E-state index is 0.219. The van der Waals surface area contributed by atoms with Crippen molar-refractivity contribution in [3.05, 3.63) is 27.7 Å². The molecule has 0 unspecified atom stereocenters. The van der Waals surface area contributed by atoms with Crippen LogP contribution in [0, 0.1) is 6.92 Å². The van der Waals surface area contributed by atoms with Crippen LogP contribution in [0.25, 0.3) is 0 Å². The molecule has 4 nitrogen and oxygen atoms in total. The number of ether oxygens (including phenoxy) is 1. The van der Waals surface area contributed by atoms with Crippen molar-refractivity contribution < 1.29 is 23.0 Å². The van der Waals surface area contributed by atoms with Gasteiger partial charge in [0.05, 0.1) is 12.2 Å². The number of hydrogen-bond acceptors (Lipinski definition) is 3. The van der Waals surface area contributed by atoms with E-state index in [4.69, 9.17) is 5.11 Å². The first-order valence-corrected chi connectivity index (χ1v) is 3.93. The topological polar surface area (TPSA) is 62.3 Å². The Morgan fingerprint density at radius 2 is 2.13 bits per heavy atom. The number of nitrogens with one attached hydrogen (secondary N) is 1. The number of aryl methyl sites for hydroxylation is 1. The molecule has 1 aromatic heterocycles. The van der Waals surface area contributed by atoms with E-state index < -0.39 is 29.8 Å². The number of aromatic nitrogens is 1. The molecule has 2 N–H and O–H groups in total. The molecule has 1 rings (SSSR count). The second-order valence-electron chi connectivity index (χ2n) is 2.83. The molecular weight excluding hydrogens is 215 g/mol. The van der Waals surface area contributed by atoms with Gasteiger partial charge >= 0.3 is 6.36 Å². The second kappa shape index (κ2) is 3.93. The Hall–Kier alpha value is -1.50. The molecule has 0 spiro atoms. The van der Waals surface area contributed by atoms with Gasteiger partial charge in [-0.3, -0.25) is 4.79 Å². The highest BCUT2D eigenvalue weighted by molar-refractivity contribution is 5.32. The number of alkyl halides is 3. The molecular formula is C8H8F3NO3. The normalized spacial score (nSPS) is 11.5. The molecule has 0 aliphatic heterocycles. The smallest absolute Gasteiger partial charge is 0.405 e. The van der Waals surface area contributed by atoms with Gasteiger partial charge in [-0.25, -0.2) is 0 Å². The quantitative estimate of drug-likeness (QED) is 0.788. The van der Waals surface area contributed by atoms with Crippen LogP contribution in [0.5, 0.6) is 5.75 Å². The Morgan fingerprint density at radius 1 is 1.53 bits per heavy atom. The minimum atomic E-state index is -4.88. The molecule has 7 heteroatoms. The van der Waals surface area contributed by atoms with Crippen LogP contribution >= 0.6 is 0 Å². The monoisotopic (exact) mass is 223 g/mol. The maximum Gasteiger partial charge on any atom is 0.573 e. The average Bonchev–Trinajstić information content (AvgIpc) is 1.99. The summed E-state index contributed by atoms with van der Waals surface area (Å²) in [4.78, 5) is 13.4. The number of aliphatic hydroxyl groups is 1. The van der Waals surface area contributed by atoms with Gasteiger partial charge in [0, 0.05) is 11.8 Å². The molecule has 0 saturated carbocycles. The SMILES string of the molecule is Cc1cc(OC(F)(F)F)c(CO)c(=O)[nH]1. The van der Waals surface area contributed by atoms with Crippen LogP contribution in [0.3, 0.4) is 0 Å². The van der Waals surface area contributed by atoms with Gasteiger partial charge in [0.2, 0.25) is 0 Å². The van der Waals surface area contributed by atoms with Crippen molar-refractivity contribution in [3.8, 4) is 5.75 Å². The standard InChI is InChI=1S/C8H8F3NO3/c1-4-2-6(15-8(9,10)11)5(3-13)7(14)12-4/h2,13H,3H2,1H3,(H,12,14). The van der Waals surface area contributed by atoms with Crippen LogP contribution < -0.4 is 10.3 Å². The van der Waals surface area contributed by atoms with E-state index in [1.165, 1.54) is 6.92 Å². The van der Waals surface area contributed by atoms with Crippen LogP contribution in [0.1, 0.15) is 11.3 Å². The third kappa shape index (κ3) is 2.98. The third-order valence-electron chi connectivity index (χ3n) is 1.61. The lowest BCUT2D eigenvalue weighted by Gasteiger charge is -2.11. The van der Waals surface area contributed by atoms with Crippen molar-refractivity contribution in [2.45, 2.75) is 19.9 Å². The van der Waals surface area contributed by atoms with Gasteiger partial charge in [-0.2, -0.15) is 0 Å². The average molecular weight is 223 g/mol. The van der Waals surface area contributed by atoms with E-state index in [-0.39, 0.29) is 5.69 Å². The maximum atomic E-state index is 11.9. The van der Waals surface area contributed by atoms with Crippen molar-refractivity contribution >= 4 is 0 Å². The summed E-state index contributed by atoms with van der Waals surface area (Å²) >= 11 is 0. The lowest BCUT2D eigenvalue weighted by Crippen LogP contribution is -2.22.